The van der Waals surface area contributed by atoms with E-state index in [0.29, 0.717) is 11.3 Å². The largest absolute Gasteiger partial charge is 0.394 e. The average Bonchev–Trinajstić information content (AvgIpc) is 2.26. The third kappa shape index (κ3) is 2.53. The van der Waals surface area contributed by atoms with Crippen LogP contribution in [-0.2, 0) is 0 Å². The van der Waals surface area contributed by atoms with Gasteiger partial charge in [0.05, 0.1) is 18.2 Å². The van der Waals surface area contributed by atoms with Crippen LogP contribution in [0, 0.1) is 6.92 Å². The molecule has 82 valence electrons. The standard InChI is InChI=1S/C11H16N2O2/c1-8(7-14)13(3)11(15)10-5-4-6-12-9(10)2/h4-6,8,14H,7H2,1-3H3. The SMILES string of the molecule is Cc1ncccc1C(=O)N(C)C(C)CO. The van der Waals surface area contributed by atoms with Crippen molar-refractivity contribution in [3.63, 3.8) is 0 Å². The maximum Gasteiger partial charge on any atom is 0.255 e. The molecule has 4 nitrogen and oxygen atoms in total. The van der Waals surface area contributed by atoms with E-state index >= 15 is 0 Å². The van der Waals surface area contributed by atoms with Crippen molar-refractivity contribution in [2.45, 2.75) is 19.9 Å². The fraction of sp³-hybridized carbons (Fsp3) is 0.455. The van der Waals surface area contributed by atoms with Gasteiger partial charge in [-0.15, -0.1) is 0 Å². The van der Waals surface area contributed by atoms with Crippen LogP contribution in [0.4, 0.5) is 0 Å². The molecule has 0 bridgehead atoms. The smallest absolute Gasteiger partial charge is 0.255 e. The van der Waals surface area contributed by atoms with Crippen molar-refractivity contribution in [3.8, 4) is 0 Å². The third-order valence-electron chi connectivity index (χ3n) is 2.48. The predicted molar refractivity (Wildman–Crippen MR) is 57.6 cm³/mol. The van der Waals surface area contributed by atoms with Crippen LogP contribution in [0.5, 0.6) is 0 Å². The normalized spacial score (nSPS) is 12.3. The molecule has 1 heterocycles. The van der Waals surface area contributed by atoms with E-state index in [-0.39, 0.29) is 18.6 Å². The zero-order valence-corrected chi connectivity index (χ0v) is 9.27. The second-order valence-electron chi connectivity index (χ2n) is 3.58. The summed E-state index contributed by atoms with van der Waals surface area (Å²) < 4.78 is 0. The minimum Gasteiger partial charge on any atom is -0.394 e. The van der Waals surface area contributed by atoms with Crippen molar-refractivity contribution in [1.82, 2.24) is 9.88 Å². The first-order valence-corrected chi connectivity index (χ1v) is 4.87. The summed E-state index contributed by atoms with van der Waals surface area (Å²) in [4.78, 5) is 17.5. The first-order valence-electron chi connectivity index (χ1n) is 4.87. The fourth-order valence-corrected chi connectivity index (χ4v) is 1.22. The zero-order chi connectivity index (χ0) is 11.4. The molecule has 0 fully saturated rings. The Morgan fingerprint density at radius 2 is 2.33 bits per heavy atom. The van der Waals surface area contributed by atoms with Crippen molar-refractivity contribution in [2.75, 3.05) is 13.7 Å². The highest BCUT2D eigenvalue weighted by Crippen LogP contribution is 2.09. The lowest BCUT2D eigenvalue weighted by Gasteiger charge is -2.23. The predicted octanol–water partition coefficient (Wildman–Crippen LogP) is 0.843. The summed E-state index contributed by atoms with van der Waals surface area (Å²) in [5.74, 6) is -0.109. The summed E-state index contributed by atoms with van der Waals surface area (Å²) in [6.45, 7) is 3.55. The fourth-order valence-electron chi connectivity index (χ4n) is 1.22. The summed E-state index contributed by atoms with van der Waals surface area (Å²) in [6, 6.07) is 3.29. The van der Waals surface area contributed by atoms with Gasteiger partial charge >= 0.3 is 0 Å². The van der Waals surface area contributed by atoms with Gasteiger partial charge in [-0.2, -0.15) is 0 Å². The van der Waals surface area contributed by atoms with E-state index < -0.39 is 0 Å². The molecule has 1 amide bonds. The molecule has 15 heavy (non-hydrogen) atoms. The Balaban J connectivity index is 2.90. The Bertz CT molecular complexity index is 352. The number of rotatable bonds is 3. The number of aryl methyl sites for hydroxylation is 1. The highest BCUT2D eigenvalue weighted by atomic mass is 16.3. The number of aliphatic hydroxyl groups excluding tert-OH is 1. The van der Waals surface area contributed by atoms with Crippen molar-refractivity contribution >= 4 is 5.91 Å². The van der Waals surface area contributed by atoms with Crippen molar-refractivity contribution in [2.24, 2.45) is 0 Å². The quantitative estimate of drug-likeness (QED) is 0.801. The monoisotopic (exact) mass is 208 g/mol. The Kier molecular flexibility index (Phi) is 3.80. The molecule has 0 aliphatic rings. The van der Waals surface area contributed by atoms with Crippen molar-refractivity contribution in [1.29, 1.82) is 0 Å². The van der Waals surface area contributed by atoms with E-state index in [1.54, 1.807) is 39.2 Å². The number of hydrogen-bond donors (Lipinski definition) is 1. The molecule has 0 spiro atoms. The molecule has 1 aromatic heterocycles. The van der Waals surface area contributed by atoms with Crippen LogP contribution in [0.15, 0.2) is 18.3 Å². The first-order chi connectivity index (χ1) is 7.07. The van der Waals surface area contributed by atoms with Gasteiger partial charge in [-0.3, -0.25) is 9.78 Å². The van der Waals surface area contributed by atoms with Crippen molar-refractivity contribution in [3.05, 3.63) is 29.6 Å². The maximum atomic E-state index is 11.9. The molecule has 0 aliphatic heterocycles. The third-order valence-corrected chi connectivity index (χ3v) is 2.48. The van der Waals surface area contributed by atoms with Crippen LogP contribution in [-0.4, -0.2) is 40.6 Å². The summed E-state index contributed by atoms with van der Waals surface area (Å²) in [7, 11) is 1.68. The molecule has 1 unspecified atom stereocenters. The molecule has 4 heteroatoms. The van der Waals surface area contributed by atoms with E-state index in [4.69, 9.17) is 5.11 Å². The van der Waals surface area contributed by atoms with Crippen LogP contribution >= 0.6 is 0 Å². The second-order valence-corrected chi connectivity index (χ2v) is 3.58. The van der Waals surface area contributed by atoms with E-state index in [9.17, 15) is 4.79 Å². The van der Waals surface area contributed by atoms with Crippen LogP contribution in [0.3, 0.4) is 0 Å². The van der Waals surface area contributed by atoms with Crippen LogP contribution in [0.1, 0.15) is 23.0 Å². The van der Waals surface area contributed by atoms with Crippen molar-refractivity contribution < 1.29 is 9.90 Å². The maximum absolute atomic E-state index is 11.9. The number of pyridine rings is 1. The molecule has 0 saturated heterocycles. The summed E-state index contributed by atoms with van der Waals surface area (Å²) in [5, 5.41) is 8.96. The molecular formula is C11H16N2O2. The lowest BCUT2D eigenvalue weighted by Crippen LogP contribution is -2.37. The number of amides is 1. The van der Waals surface area contributed by atoms with Gasteiger partial charge in [-0.25, -0.2) is 0 Å². The van der Waals surface area contributed by atoms with E-state index in [1.165, 1.54) is 4.90 Å². The molecule has 0 aliphatic carbocycles. The topological polar surface area (TPSA) is 53.4 Å². The summed E-state index contributed by atoms with van der Waals surface area (Å²) in [5.41, 5.74) is 1.29. The van der Waals surface area contributed by atoms with Crippen LogP contribution < -0.4 is 0 Å². The first kappa shape index (κ1) is 11.7. The van der Waals surface area contributed by atoms with E-state index in [0.717, 1.165) is 0 Å². The molecule has 0 saturated carbocycles. The van der Waals surface area contributed by atoms with Gasteiger partial charge < -0.3 is 10.0 Å². The van der Waals surface area contributed by atoms with E-state index in [1.807, 2.05) is 0 Å². The highest BCUT2D eigenvalue weighted by molar-refractivity contribution is 5.95. The summed E-state index contributed by atoms with van der Waals surface area (Å²) >= 11 is 0. The van der Waals surface area contributed by atoms with Gasteiger partial charge in [0.15, 0.2) is 0 Å². The van der Waals surface area contributed by atoms with Gasteiger partial charge in [-0.05, 0) is 26.0 Å². The number of carbonyl (C=O) groups is 1. The van der Waals surface area contributed by atoms with Crippen LogP contribution in [0.2, 0.25) is 0 Å². The lowest BCUT2D eigenvalue weighted by atomic mass is 10.1. The van der Waals surface area contributed by atoms with Crippen LogP contribution in [0.25, 0.3) is 0 Å². The number of likely N-dealkylation sites (N-methyl/N-ethyl adjacent to an activating group) is 1. The Labute approximate surface area is 89.6 Å². The van der Waals surface area contributed by atoms with Gasteiger partial charge in [0.1, 0.15) is 0 Å². The zero-order valence-electron chi connectivity index (χ0n) is 9.27. The molecule has 0 aromatic carbocycles. The molecule has 1 N–H and O–H groups in total. The minimum absolute atomic E-state index is 0.0401. The Morgan fingerprint density at radius 1 is 1.67 bits per heavy atom. The summed E-state index contributed by atoms with van der Waals surface area (Å²) in [6.07, 6.45) is 1.65. The van der Waals surface area contributed by atoms with Gasteiger partial charge in [0.2, 0.25) is 0 Å². The highest BCUT2D eigenvalue weighted by Gasteiger charge is 2.18. The number of aromatic nitrogens is 1. The van der Waals surface area contributed by atoms with E-state index in [2.05, 4.69) is 4.98 Å². The molecule has 1 atom stereocenters. The lowest BCUT2D eigenvalue weighted by molar-refractivity contribution is 0.0681. The second kappa shape index (κ2) is 4.89. The number of aliphatic hydroxyl groups is 1. The number of nitrogens with zero attached hydrogens (tertiary/aromatic N) is 2. The van der Waals surface area contributed by atoms with Gasteiger partial charge in [0, 0.05) is 18.9 Å². The number of carbonyl (C=O) groups excluding carboxylic acids is 1. The molecule has 0 radical (unpaired) electrons. The minimum atomic E-state index is -0.183. The molecular weight excluding hydrogens is 192 g/mol. The van der Waals surface area contributed by atoms with Gasteiger partial charge in [-0.1, -0.05) is 0 Å². The molecule has 1 rings (SSSR count). The average molecular weight is 208 g/mol. The van der Waals surface area contributed by atoms with Gasteiger partial charge in [0.25, 0.3) is 5.91 Å². The Morgan fingerprint density at radius 3 is 2.87 bits per heavy atom. The number of hydrogen-bond acceptors (Lipinski definition) is 3. The Hall–Kier alpha value is -1.42. The molecule has 1 aromatic rings.